The predicted octanol–water partition coefficient (Wildman–Crippen LogP) is 4.90. The van der Waals surface area contributed by atoms with Gasteiger partial charge in [0.25, 0.3) is 0 Å². The number of rotatable bonds is 3. The van der Waals surface area contributed by atoms with Crippen LogP contribution < -0.4 is 0 Å². The van der Waals surface area contributed by atoms with Gasteiger partial charge in [-0.1, -0.05) is 52.7 Å². The Balaban J connectivity index is 2.44. The summed E-state index contributed by atoms with van der Waals surface area (Å²) in [4.78, 5) is 12.4. The summed E-state index contributed by atoms with van der Waals surface area (Å²) in [5.41, 5.74) is 2.35. The first-order valence-electron chi connectivity index (χ1n) is 5.70. The summed E-state index contributed by atoms with van der Waals surface area (Å²) in [5, 5.41) is 0.477. The maximum absolute atomic E-state index is 12.4. The summed E-state index contributed by atoms with van der Waals surface area (Å²) in [5.74, 6) is -0.0448. The van der Waals surface area contributed by atoms with Gasteiger partial charge in [-0.25, -0.2) is 0 Å². The summed E-state index contributed by atoms with van der Waals surface area (Å²) in [7, 11) is 0. The van der Waals surface area contributed by atoms with E-state index in [1.807, 2.05) is 30.3 Å². The van der Waals surface area contributed by atoms with E-state index in [0.717, 1.165) is 16.5 Å². The van der Waals surface area contributed by atoms with Gasteiger partial charge in [-0.2, -0.15) is 0 Å². The van der Waals surface area contributed by atoms with Crippen molar-refractivity contribution in [1.82, 2.24) is 0 Å². The molecule has 18 heavy (non-hydrogen) atoms. The van der Waals surface area contributed by atoms with Crippen LogP contribution in [0.2, 0.25) is 5.02 Å². The van der Waals surface area contributed by atoms with Crippen molar-refractivity contribution < 1.29 is 4.79 Å². The van der Waals surface area contributed by atoms with Crippen molar-refractivity contribution in [1.29, 1.82) is 0 Å². The van der Waals surface area contributed by atoms with Gasteiger partial charge in [-0.3, -0.25) is 4.79 Å². The molecule has 2 aromatic rings. The molecule has 0 fully saturated rings. The third-order valence-corrected chi connectivity index (χ3v) is 3.59. The van der Waals surface area contributed by atoms with Crippen LogP contribution >= 0.6 is 27.5 Å². The molecule has 0 bridgehead atoms. The second kappa shape index (κ2) is 5.68. The molecule has 0 unspecified atom stereocenters. The monoisotopic (exact) mass is 322 g/mol. The molecule has 0 aliphatic heterocycles. The van der Waals surface area contributed by atoms with E-state index in [0.29, 0.717) is 16.1 Å². The van der Waals surface area contributed by atoms with Gasteiger partial charge in [-0.05, 0) is 36.2 Å². The van der Waals surface area contributed by atoms with Gasteiger partial charge in [-0.15, -0.1) is 0 Å². The van der Waals surface area contributed by atoms with Crippen LogP contribution in [0.1, 0.15) is 28.4 Å². The summed E-state index contributed by atoms with van der Waals surface area (Å²) >= 11 is 9.43. The van der Waals surface area contributed by atoms with Crippen LogP contribution in [0, 0.1) is 0 Å². The van der Waals surface area contributed by atoms with E-state index in [1.54, 1.807) is 12.1 Å². The highest BCUT2D eigenvalue weighted by Gasteiger charge is 2.13. The number of carbonyl (C=O) groups is 1. The van der Waals surface area contributed by atoms with E-state index in [4.69, 9.17) is 11.6 Å². The molecule has 0 saturated carbocycles. The van der Waals surface area contributed by atoms with Gasteiger partial charge < -0.3 is 0 Å². The number of benzene rings is 2. The van der Waals surface area contributed by atoms with Crippen molar-refractivity contribution in [3.8, 4) is 0 Å². The van der Waals surface area contributed by atoms with Gasteiger partial charge in [0.05, 0.1) is 5.02 Å². The SMILES string of the molecule is CCc1cccc(C(=O)c2cc(Br)ccc2Cl)c1. The van der Waals surface area contributed by atoms with Gasteiger partial charge >= 0.3 is 0 Å². The number of ketones is 1. The number of hydrogen-bond acceptors (Lipinski definition) is 1. The zero-order valence-electron chi connectivity index (χ0n) is 9.91. The van der Waals surface area contributed by atoms with E-state index in [2.05, 4.69) is 22.9 Å². The molecule has 92 valence electrons. The van der Waals surface area contributed by atoms with Crippen molar-refractivity contribution in [2.24, 2.45) is 0 Å². The Hall–Kier alpha value is -1.12. The van der Waals surface area contributed by atoms with E-state index in [1.165, 1.54) is 0 Å². The lowest BCUT2D eigenvalue weighted by atomic mass is 10.0. The molecule has 3 heteroatoms. The molecule has 2 aromatic carbocycles. The van der Waals surface area contributed by atoms with Crippen molar-refractivity contribution >= 4 is 33.3 Å². The highest BCUT2D eigenvalue weighted by atomic mass is 79.9. The van der Waals surface area contributed by atoms with Crippen LogP contribution in [-0.4, -0.2) is 5.78 Å². The largest absolute Gasteiger partial charge is 0.289 e. The average molecular weight is 324 g/mol. The molecule has 0 aliphatic carbocycles. The summed E-state index contributed by atoms with van der Waals surface area (Å²) in [6, 6.07) is 12.9. The lowest BCUT2D eigenvalue weighted by molar-refractivity contribution is 0.103. The lowest BCUT2D eigenvalue weighted by Gasteiger charge is -2.06. The zero-order valence-corrected chi connectivity index (χ0v) is 12.3. The Bertz CT molecular complexity index is 593. The molecule has 0 radical (unpaired) electrons. The van der Waals surface area contributed by atoms with Crippen LogP contribution in [0.5, 0.6) is 0 Å². The standard InChI is InChI=1S/C15H12BrClO/c1-2-10-4-3-5-11(8-10)15(18)13-9-12(16)6-7-14(13)17/h3-9H,2H2,1H3. The fourth-order valence-electron chi connectivity index (χ4n) is 1.76. The van der Waals surface area contributed by atoms with Crippen molar-refractivity contribution in [3.63, 3.8) is 0 Å². The first kappa shape index (κ1) is 13.3. The molecule has 0 saturated heterocycles. The van der Waals surface area contributed by atoms with Gasteiger partial charge in [0, 0.05) is 15.6 Å². The summed E-state index contributed by atoms with van der Waals surface area (Å²) in [6.45, 7) is 2.07. The van der Waals surface area contributed by atoms with E-state index in [-0.39, 0.29) is 5.78 Å². The van der Waals surface area contributed by atoms with Gasteiger partial charge in [0.15, 0.2) is 5.78 Å². The van der Waals surface area contributed by atoms with Crippen LogP contribution in [0.4, 0.5) is 0 Å². The van der Waals surface area contributed by atoms with E-state index in [9.17, 15) is 4.79 Å². The molecule has 0 N–H and O–H groups in total. The predicted molar refractivity (Wildman–Crippen MR) is 78.4 cm³/mol. The summed E-state index contributed by atoms with van der Waals surface area (Å²) < 4.78 is 0.849. The number of hydrogen-bond donors (Lipinski definition) is 0. The second-order valence-electron chi connectivity index (χ2n) is 4.01. The number of halogens is 2. The van der Waals surface area contributed by atoms with E-state index < -0.39 is 0 Å². The molecular formula is C15H12BrClO. The Labute approximate surface area is 120 Å². The van der Waals surface area contributed by atoms with Gasteiger partial charge in [0.1, 0.15) is 0 Å². The Morgan fingerprint density at radius 2 is 2.00 bits per heavy atom. The normalized spacial score (nSPS) is 10.4. The first-order chi connectivity index (χ1) is 8.61. The molecule has 2 rings (SSSR count). The lowest BCUT2D eigenvalue weighted by Crippen LogP contribution is -2.02. The highest BCUT2D eigenvalue weighted by molar-refractivity contribution is 9.10. The zero-order chi connectivity index (χ0) is 13.1. The maximum atomic E-state index is 12.4. The van der Waals surface area contributed by atoms with Gasteiger partial charge in [0.2, 0.25) is 0 Å². The quantitative estimate of drug-likeness (QED) is 0.735. The average Bonchev–Trinajstić information content (AvgIpc) is 2.41. The highest BCUT2D eigenvalue weighted by Crippen LogP contribution is 2.24. The molecule has 1 nitrogen and oxygen atoms in total. The molecule has 0 amide bonds. The number of aryl methyl sites for hydroxylation is 1. The van der Waals surface area contributed by atoms with E-state index >= 15 is 0 Å². The minimum Gasteiger partial charge on any atom is -0.289 e. The van der Waals surface area contributed by atoms with Crippen LogP contribution in [0.3, 0.4) is 0 Å². The van der Waals surface area contributed by atoms with Crippen molar-refractivity contribution in [3.05, 3.63) is 68.7 Å². The molecule has 0 aliphatic rings. The van der Waals surface area contributed by atoms with Crippen molar-refractivity contribution in [2.75, 3.05) is 0 Å². The molecular weight excluding hydrogens is 312 g/mol. The van der Waals surface area contributed by atoms with Crippen LogP contribution in [-0.2, 0) is 6.42 Å². The summed E-state index contributed by atoms with van der Waals surface area (Å²) in [6.07, 6.45) is 0.910. The minimum atomic E-state index is -0.0448. The molecule has 0 aromatic heterocycles. The first-order valence-corrected chi connectivity index (χ1v) is 6.87. The van der Waals surface area contributed by atoms with Crippen LogP contribution in [0.15, 0.2) is 46.9 Å². The second-order valence-corrected chi connectivity index (χ2v) is 5.33. The fourth-order valence-corrected chi connectivity index (χ4v) is 2.32. The fraction of sp³-hybridized carbons (Fsp3) is 0.133. The smallest absolute Gasteiger partial charge is 0.194 e. The Morgan fingerprint density at radius 1 is 1.22 bits per heavy atom. The molecule has 0 heterocycles. The van der Waals surface area contributed by atoms with Crippen LogP contribution in [0.25, 0.3) is 0 Å². The maximum Gasteiger partial charge on any atom is 0.194 e. The molecule has 0 spiro atoms. The third-order valence-electron chi connectivity index (χ3n) is 2.77. The third kappa shape index (κ3) is 2.82. The minimum absolute atomic E-state index is 0.0448. The topological polar surface area (TPSA) is 17.1 Å². The number of carbonyl (C=O) groups excluding carboxylic acids is 1. The Kier molecular flexibility index (Phi) is 4.20. The Morgan fingerprint density at radius 3 is 2.72 bits per heavy atom. The van der Waals surface area contributed by atoms with Crippen molar-refractivity contribution in [2.45, 2.75) is 13.3 Å². The molecule has 0 atom stereocenters.